The summed E-state index contributed by atoms with van der Waals surface area (Å²) in [5.74, 6) is 0.684. The third-order valence-corrected chi connectivity index (χ3v) is 3.20. The van der Waals surface area contributed by atoms with Crippen LogP contribution in [0.3, 0.4) is 0 Å². The van der Waals surface area contributed by atoms with E-state index < -0.39 is 5.60 Å². The van der Waals surface area contributed by atoms with Crippen LogP contribution in [0.5, 0.6) is 5.75 Å². The van der Waals surface area contributed by atoms with Crippen molar-refractivity contribution < 1.29 is 14.3 Å². The molecule has 20 heavy (non-hydrogen) atoms. The molecule has 0 fully saturated rings. The maximum atomic E-state index is 12.3. The van der Waals surface area contributed by atoms with Gasteiger partial charge in [0.1, 0.15) is 11.4 Å². The summed E-state index contributed by atoms with van der Waals surface area (Å²) in [6, 6.07) is 7.35. The molecule has 1 atom stereocenters. The first-order valence-corrected chi connectivity index (χ1v) is 7.24. The highest BCUT2D eigenvalue weighted by atomic mass is 16.5. The van der Waals surface area contributed by atoms with E-state index in [1.54, 1.807) is 0 Å². The first-order valence-electron chi connectivity index (χ1n) is 7.24. The number of hydrogen-bond acceptors (Lipinski definition) is 3. The standard InChI is InChI=1S/C16H25NO3/c1-5-12-20-16(4,6-2)15(18)17-13-8-10-14(11-9-13)19-7-3/h8-11H,5-7,12H2,1-4H3,(H,17,18)/t16-/m0/s1. The SMILES string of the molecule is CCCO[C@@](C)(CC)C(=O)Nc1ccc(OCC)cc1. The Labute approximate surface area is 121 Å². The maximum absolute atomic E-state index is 12.3. The van der Waals surface area contributed by atoms with Gasteiger partial charge >= 0.3 is 0 Å². The third kappa shape index (κ3) is 4.53. The summed E-state index contributed by atoms with van der Waals surface area (Å²) in [4.78, 5) is 12.3. The van der Waals surface area contributed by atoms with Crippen LogP contribution in [0.1, 0.15) is 40.5 Å². The van der Waals surface area contributed by atoms with E-state index >= 15 is 0 Å². The molecule has 0 saturated heterocycles. The molecule has 0 spiro atoms. The van der Waals surface area contributed by atoms with Gasteiger partial charge in [-0.25, -0.2) is 0 Å². The number of benzene rings is 1. The minimum Gasteiger partial charge on any atom is -0.494 e. The van der Waals surface area contributed by atoms with Crippen LogP contribution < -0.4 is 10.1 Å². The molecule has 0 radical (unpaired) electrons. The van der Waals surface area contributed by atoms with Crippen molar-refractivity contribution in [3.63, 3.8) is 0 Å². The van der Waals surface area contributed by atoms with E-state index in [1.807, 2.05) is 52.0 Å². The van der Waals surface area contributed by atoms with Crippen LogP contribution in [0.4, 0.5) is 5.69 Å². The predicted molar refractivity (Wildman–Crippen MR) is 81.2 cm³/mol. The molecule has 0 aliphatic rings. The number of carbonyl (C=O) groups is 1. The number of hydrogen-bond donors (Lipinski definition) is 1. The first-order chi connectivity index (χ1) is 9.55. The molecule has 1 amide bonds. The molecular weight excluding hydrogens is 254 g/mol. The highest BCUT2D eigenvalue weighted by molar-refractivity contribution is 5.97. The van der Waals surface area contributed by atoms with Crippen LogP contribution in [0.25, 0.3) is 0 Å². The van der Waals surface area contributed by atoms with Crippen LogP contribution in [0, 0.1) is 0 Å². The van der Waals surface area contributed by atoms with Crippen LogP contribution in [0.15, 0.2) is 24.3 Å². The summed E-state index contributed by atoms with van der Waals surface area (Å²) >= 11 is 0. The molecule has 1 aromatic rings. The molecule has 112 valence electrons. The highest BCUT2D eigenvalue weighted by Crippen LogP contribution is 2.21. The van der Waals surface area contributed by atoms with Gasteiger partial charge in [0.15, 0.2) is 0 Å². The normalized spacial score (nSPS) is 13.6. The lowest BCUT2D eigenvalue weighted by atomic mass is 10.0. The van der Waals surface area contributed by atoms with E-state index in [0.29, 0.717) is 19.6 Å². The first kappa shape index (κ1) is 16.5. The van der Waals surface area contributed by atoms with E-state index in [1.165, 1.54) is 0 Å². The largest absolute Gasteiger partial charge is 0.494 e. The minimum atomic E-state index is -0.783. The van der Waals surface area contributed by atoms with Crippen LogP contribution >= 0.6 is 0 Å². The number of rotatable bonds is 8. The van der Waals surface area contributed by atoms with Gasteiger partial charge in [-0.2, -0.15) is 0 Å². The second-order valence-electron chi connectivity index (χ2n) is 4.84. The van der Waals surface area contributed by atoms with Crippen molar-refractivity contribution in [3.05, 3.63) is 24.3 Å². The summed E-state index contributed by atoms with van der Waals surface area (Å²) in [6.45, 7) is 8.96. The monoisotopic (exact) mass is 279 g/mol. The third-order valence-electron chi connectivity index (χ3n) is 3.20. The number of amides is 1. The Morgan fingerprint density at radius 3 is 2.35 bits per heavy atom. The molecule has 0 saturated carbocycles. The lowest BCUT2D eigenvalue weighted by Gasteiger charge is -2.27. The summed E-state index contributed by atoms with van der Waals surface area (Å²) in [5, 5.41) is 2.89. The van der Waals surface area contributed by atoms with Gasteiger partial charge in [-0.3, -0.25) is 4.79 Å². The van der Waals surface area contributed by atoms with E-state index in [0.717, 1.165) is 17.9 Å². The molecule has 0 aliphatic heterocycles. The molecular formula is C16H25NO3. The minimum absolute atomic E-state index is 0.113. The quantitative estimate of drug-likeness (QED) is 0.790. The average Bonchev–Trinajstić information content (AvgIpc) is 2.47. The lowest BCUT2D eigenvalue weighted by Crippen LogP contribution is -2.42. The van der Waals surface area contributed by atoms with Crippen molar-refractivity contribution in [2.45, 2.75) is 46.1 Å². The zero-order valence-electron chi connectivity index (χ0n) is 12.9. The lowest BCUT2D eigenvalue weighted by molar-refractivity contribution is -0.139. The average molecular weight is 279 g/mol. The topological polar surface area (TPSA) is 47.6 Å². The molecule has 1 rings (SSSR count). The second kappa shape index (κ2) is 7.90. The Bertz CT molecular complexity index is 416. The summed E-state index contributed by atoms with van der Waals surface area (Å²) in [6.07, 6.45) is 1.53. The Balaban J connectivity index is 2.68. The van der Waals surface area contributed by atoms with Crippen molar-refractivity contribution >= 4 is 11.6 Å². The molecule has 0 heterocycles. The Kier molecular flexibility index (Phi) is 6.52. The highest BCUT2D eigenvalue weighted by Gasteiger charge is 2.32. The van der Waals surface area contributed by atoms with Gasteiger partial charge in [-0.05, 0) is 51.0 Å². The maximum Gasteiger partial charge on any atom is 0.256 e. The van der Waals surface area contributed by atoms with Crippen molar-refractivity contribution in [2.75, 3.05) is 18.5 Å². The van der Waals surface area contributed by atoms with Crippen LogP contribution in [0.2, 0.25) is 0 Å². The molecule has 0 bridgehead atoms. The Morgan fingerprint density at radius 1 is 1.20 bits per heavy atom. The number of carbonyl (C=O) groups excluding carboxylic acids is 1. The second-order valence-corrected chi connectivity index (χ2v) is 4.84. The Hall–Kier alpha value is -1.55. The zero-order chi connectivity index (χ0) is 15.0. The van der Waals surface area contributed by atoms with Crippen molar-refractivity contribution in [1.29, 1.82) is 0 Å². The van der Waals surface area contributed by atoms with Gasteiger partial charge in [-0.15, -0.1) is 0 Å². The predicted octanol–water partition coefficient (Wildman–Crippen LogP) is 3.62. The molecule has 0 aliphatic carbocycles. The smallest absolute Gasteiger partial charge is 0.256 e. The summed E-state index contributed by atoms with van der Waals surface area (Å²) < 4.78 is 11.1. The fourth-order valence-electron chi connectivity index (χ4n) is 1.72. The number of ether oxygens (including phenoxy) is 2. The molecule has 0 aromatic heterocycles. The van der Waals surface area contributed by atoms with Crippen molar-refractivity contribution in [2.24, 2.45) is 0 Å². The Morgan fingerprint density at radius 2 is 1.85 bits per heavy atom. The van der Waals surface area contributed by atoms with E-state index in [2.05, 4.69) is 5.32 Å². The zero-order valence-corrected chi connectivity index (χ0v) is 12.9. The van der Waals surface area contributed by atoms with Gasteiger partial charge in [0, 0.05) is 12.3 Å². The summed E-state index contributed by atoms with van der Waals surface area (Å²) in [7, 11) is 0. The van der Waals surface area contributed by atoms with E-state index in [4.69, 9.17) is 9.47 Å². The van der Waals surface area contributed by atoms with Gasteiger partial charge in [-0.1, -0.05) is 13.8 Å². The summed E-state index contributed by atoms with van der Waals surface area (Å²) in [5.41, 5.74) is -0.0348. The number of anilines is 1. The van der Waals surface area contributed by atoms with Crippen molar-refractivity contribution in [1.82, 2.24) is 0 Å². The van der Waals surface area contributed by atoms with Crippen LogP contribution in [-0.4, -0.2) is 24.7 Å². The van der Waals surface area contributed by atoms with Gasteiger partial charge < -0.3 is 14.8 Å². The van der Waals surface area contributed by atoms with Gasteiger partial charge in [0.05, 0.1) is 6.61 Å². The fourth-order valence-corrected chi connectivity index (χ4v) is 1.72. The van der Waals surface area contributed by atoms with Crippen molar-refractivity contribution in [3.8, 4) is 5.75 Å². The molecule has 1 aromatic carbocycles. The number of nitrogens with one attached hydrogen (secondary N) is 1. The molecule has 4 heteroatoms. The van der Waals surface area contributed by atoms with E-state index in [9.17, 15) is 4.79 Å². The van der Waals surface area contributed by atoms with Gasteiger partial charge in [0.2, 0.25) is 0 Å². The fraction of sp³-hybridized carbons (Fsp3) is 0.562. The van der Waals surface area contributed by atoms with Crippen LogP contribution in [-0.2, 0) is 9.53 Å². The molecule has 4 nitrogen and oxygen atoms in total. The van der Waals surface area contributed by atoms with Gasteiger partial charge in [0.25, 0.3) is 5.91 Å². The van der Waals surface area contributed by atoms with E-state index in [-0.39, 0.29) is 5.91 Å². The molecule has 1 N–H and O–H groups in total. The molecule has 0 unspecified atom stereocenters.